The fraction of sp³-hybridized carbons (Fsp3) is 0.190. The lowest BCUT2D eigenvalue weighted by molar-refractivity contribution is -0.143. The van der Waals surface area contributed by atoms with Gasteiger partial charge in [0.1, 0.15) is 18.8 Å². The van der Waals surface area contributed by atoms with Crippen LogP contribution in [0.3, 0.4) is 0 Å². The van der Waals surface area contributed by atoms with Crippen LogP contribution in [0.15, 0.2) is 54.2 Å². The highest BCUT2D eigenvalue weighted by atomic mass is 16.5. The molecule has 2 aromatic rings. The Kier molecular flexibility index (Phi) is 6.13. The van der Waals surface area contributed by atoms with Crippen molar-refractivity contribution in [2.75, 3.05) is 20.8 Å². The molecule has 0 radical (unpaired) electrons. The quantitative estimate of drug-likeness (QED) is 0.439. The predicted molar refractivity (Wildman–Crippen MR) is 104 cm³/mol. The van der Waals surface area contributed by atoms with Crippen molar-refractivity contribution in [1.29, 1.82) is 0 Å². The summed E-state index contributed by atoms with van der Waals surface area (Å²) >= 11 is 0. The van der Waals surface area contributed by atoms with Gasteiger partial charge in [0, 0.05) is 0 Å². The van der Waals surface area contributed by atoms with Crippen LogP contribution in [0.25, 0.3) is 6.08 Å². The van der Waals surface area contributed by atoms with Gasteiger partial charge >= 0.3 is 12.0 Å². The number of nitrogens with one attached hydrogen (secondary N) is 1. The molecule has 1 heterocycles. The number of nitrogens with zero attached hydrogens (tertiary/aromatic N) is 1. The maximum absolute atomic E-state index is 12.4. The van der Waals surface area contributed by atoms with Crippen molar-refractivity contribution in [3.63, 3.8) is 0 Å². The number of benzene rings is 2. The van der Waals surface area contributed by atoms with E-state index in [-0.39, 0.29) is 5.70 Å². The van der Waals surface area contributed by atoms with E-state index in [1.54, 1.807) is 18.2 Å². The molecule has 0 aliphatic carbocycles. The number of urea groups is 1. The van der Waals surface area contributed by atoms with E-state index in [2.05, 4.69) is 10.1 Å². The summed E-state index contributed by atoms with van der Waals surface area (Å²) in [4.78, 5) is 36.4. The number of amides is 3. The van der Waals surface area contributed by atoms with Gasteiger partial charge < -0.3 is 19.5 Å². The van der Waals surface area contributed by atoms with Gasteiger partial charge in [-0.3, -0.25) is 9.59 Å². The van der Waals surface area contributed by atoms with E-state index in [0.29, 0.717) is 23.7 Å². The molecule has 3 amide bonds. The normalized spacial score (nSPS) is 14.7. The zero-order valence-electron chi connectivity index (χ0n) is 16.0. The molecule has 1 saturated heterocycles. The highest BCUT2D eigenvalue weighted by molar-refractivity contribution is 6.15. The van der Waals surface area contributed by atoms with Gasteiger partial charge in [-0.25, -0.2) is 9.69 Å². The van der Waals surface area contributed by atoms with Gasteiger partial charge in [-0.1, -0.05) is 36.4 Å². The zero-order valence-corrected chi connectivity index (χ0v) is 16.0. The Labute approximate surface area is 167 Å². The van der Waals surface area contributed by atoms with E-state index in [0.717, 1.165) is 10.5 Å². The highest BCUT2D eigenvalue weighted by Crippen LogP contribution is 2.30. The standard InChI is InChI=1S/C21H20N2O6/c1-27-18-11-15(8-9-17(18)29-13-14-6-4-3-5-7-14)10-16-20(25)23(21(26)22-16)12-19(24)28-2/h3-11H,12-13H2,1-2H3,(H,22,26)/b16-10+. The molecule has 0 aromatic heterocycles. The van der Waals surface area contributed by atoms with E-state index in [1.165, 1.54) is 20.3 Å². The third-order valence-corrected chi connectivity index (χ3v) is 4.21. The van der Waals surface area contributed by atoms with Crippen molar-refractivity contribution >= 4 is 24.0 Å². The molecule has 1 aliphatic rings. The molecule has 150 valence electrons. The Hall–Kier alpha value is -3.81. The molecule has 0 bridgehead atoms. The van der Waals surface area contributed by atoms with Gasteiger partial charge in [0.05, 0.1) is 14.2 Å². The molecule has 1 fully saturated rings. The minimum atomic E-state index is -0.684. The lowest BCUT2D eigenvalue weighted by atomic mass is 10.1. The van der Waals surface area contributed by atoms with Crippen LogP contribution in [-0.4, -0.2) is 43.6 Å². The summed E-state index contributed by atoms with van der Waals surface area (Å²) < 4.78 is 15.7. The Balaban J connectivity index is 1.75. The van der Waals surface area contributed by atoms with E-state index < -0.39 is 24.5 Å². The first-order valence-corrected chi connectivity index (χ1v) is 8.78. The van der Waals surface area contributed by atoms with Crippen LogP contribution in [0.4, 0.5) is 4.79 Å². The highest BCUT2D eigenvalue weighted by Gasteiger charge is 2.35. The van der Waals surface area contributed by atoms with Crippen LogP contribution in [0, 0.1) is 0 Å². The van der Waals surface area contributed by atoms with Crippen LogP contribution >= 0.6 is 0 Å². The summed E-state index contributed by atoms with van der Waals surface area (Å²) in [7, 11) is 2.70. The summed E-state index contributed by atoms with van der Waals surface area (Å²) in [5.41, 5.74) is 1.70. The van der Waals surface area contributed by atoms with Crippen molar-refractivity contribution in [2.45, 2.75) is 6.61 Å². The maximum Gasteiger partial charge on any atom is 0.329 e. The largest absolute Gasteiger partial charge is 0.493 e. The molecule has 0 atom stereocenters. The number of hydrogen-bond donors (Lipinski definition) is 1. The number of carbonyl (C=O) groups is 3. The van der Waals surface area contributed by atoms with Crippen LogP contribution in [0.1, 0.15) is 11.1 Å². The SMILES string of the molecule is COC(=O)CN1C(=O)N/C(=C/c2ccc(OCc3ccccc3)c(OC)c2)C1=O. The van der Waals surface area contributed by atoms with Gasteiger partial charge in [0.15, 0.2) is 11.5 Å². The smallest absolute Gasteiger partial charge is 0.329 e. The summed E-state index contributed by atoms with van der Waals surface area (Å²) in [6.45, 7) is -0.0667. The van der Waals surface area contributed by atoms with Crippen molar-refractivity contribution in [3.05, 3.63) is 65.4 Å². The molecule has 1 N–H and O–H groups in total. The lowest BCUT2D eigenvalue weighted by Gasteiger charge is -2.11. The molecule has 2 aromatic carbocycles. The summed E-state index contributed by atoms with van der Waals surface area (Å²) in [6.07, 6.45) is 1.50. The fourth-order valence-corrected chi connectivity index (χ4v) is 2.70. The Bertz CT molecular complexity index is 955. The molecule has 1 aliphatic heterocycles. The number of rotatable bonds is 7. The molecule has 3 rings (SSSR count). The van der Waals surface area contributed by atoms with E-state index in [1.807, 2.05) is 30.3 Å². The number of esters is 1. The van der Waals surface area contributed by atoms with Gasteiger partial charge in [-0.05, 0) is 29.3 Å². The topological polar surface area (TPSA) is 94.2 Å². The molecule has 8 heteroatoms. The number of methoxy groups -OCH3 is 2. The van der Waals surface area contributed by atoms with Crippen LogP contribution < -0.4 is 14.8 Å². The number of imide groups is 1. The van der Waals surface area contributed by atoms with Crippen molar-refractivity contribution < 1.29 is 28.6 Å². The lowest BCUT2D eigenvalue weighted by Crippen LogP contribution is -2.36. The predicted octanol–water partition coefficient (Wildman–Crippen LogP) is 2.34. The summed E-state index contributed by atoms with van der Waals surface area (Å²) in [6, 6.07) is 14.2. The molecule has 0 saturated carbocycles. The Morgan fingerprint density at radius 3 is 2.52 bits per heavy atom. The maximum atomic E-state index is 12.4. The third-order valence-electron chi connectivity index (χ3n) is 4.21. The molecular weight excluding hydrogens is 376 g/mol. The van der Waals surface area contributed by atoms with E-state index in [4.69, 9.17) is 9.47 Å². The average molecular weight is 396 g/mol. The van der Waals surface area contributed by atoms with Crippen LogP contribution in [-0.2, 0) is 20.9 Å². The first kappa shape index (κ1) is 19.9. The number of carbonyl (C=O) groups excluding carboxylic acids is 3. The molecule has 8 nitrogen and oxygen atoms in total. The second kappa shape index (κ2) is 8.92. The average Bonchev–Trinajstić information content (AvgIpc) is 3.00. The summed E-state index contributed by atoms with van der Waals surface area (Å²) in [5, 5.41) is 2.45. The molecule has 0 unspecified atom stereocenters. The second-order valence-electron chi connectivity index (χ2n) is 6.14. The van der Waals surface area contributed by atoms with Gasteiger partial charge in [-0.2, -0.15) is 0 Å². The number of ether oxygens (including phenoxy) is 3. The zero-order chi connectivity index (χ0) is 20.8. The second-order valence-corrected chi connectivity index (χ2v) is 6.14. The van der Waals surface area contributed by atoms with Gasteiger partial charge in [0.2, 0.25) is 0 Å². The number of hydrogen-bond acceptors (Lipinski definition) is 6. The van der Waals surface area contributed by atoms with E-state index in [9.17, 15) is 14.4 Å². The monoisotopic (exact) mass is 396 g/mol. The Morgan fingerprint density at radius 2 is 1.83 bits per heavy atom. The minimum Gasteiger partial charge on any atom is -0.493 e. The fourth-order valence-electron chi connectivity index (χ4n) is 2.70. The molecule has 0 spiro atoms. The Morgan fingerprint density at radius 1 is 1.07 bits per heavy atom. The summed E-state index contributed by atoms with van der Waals surface area (Å²) in [5.74, 6) is -0.258. The molecule has 29 heavy (non-hydrogen) atoms. The van der Waals surface area contributed by atoms with E-state index >= 15 is 0 Å². The minimum absolute atomic E-state index is 0.0545. The van der Waals surface area contributed by atoms with Gasteiger partial charge in [0.25, 0.3) is 5.91 Å². The van der Waals surface area contributed by atoms with Crippen LogP contribution in [0.5, 0.6) is 11.5 Å². The first-order chi connectivity index (χ1) is 14.0. The molecular formula is C21H20N2O6. The first-order valence-electron chi connectivity index (χ1n) is 8.78. The third kappa shape index (κ3) is 4.73. The van der Waals surface area contributed by atoms with Crippen molar-refractivity contribution in [3.8, 4) is 11.5 Å². The van der Waals surface area contributed by atoms with Gasteiger partial charge in [-0.15, -0.1) is 0 Å². The van der Waals surface area contributed by atoms with Crippen molar-refractivity contribution in [1.82, 2.24) is 10.2 Å². The van der Waals surface area contributed by atoms with Crippen molar-refractivity contribution in [2.24, 2.45) is 0 Å². The van der Waals surface area contributed by atoms with Crippen LogP contribution in [0.2, 0.25) is 0 Å².